The van der Waals surface area contributed by atoms with E-state index in [1.807, 2.05) is 39.0 Å². The maximum Gasteiger partial charge on any atom is 0.410 e. The molecule has 0 saturated carbocycles. The molecule has 22 heavy (non-hydrogen) atoms. The molecule has 1 saturated heterocycles. The van der Waals surface area contributed by atoms with Gasteiger partial charge in [-0.15, -0.1) is 0 Å². The summed E-state index contributed by atoms with van der Waals surface area (Å²) in [5, 5.41) is 0. The first kappa shape index (κ1) is 16.6. The second kappa shape index (κ2) is 6.97. The lowest BCUT2D eigenvalue weighted by atomic mass is 9.95. The Hall–Kier alpha value is -1.81. The van der Waals surface area contributed by atoms with Crippen LogP contribution in [0.3, 0.4) is 0 Å². The second-order valence-electron chi connectivity index (χ2n) is 6.81. The van der Waals surface area contributed by atoms with Gasteiger partial charge in [-0.25, -0.2) is 4.79 Å². The van der Waals surface area contributed by atoms with E-state index in [-0.39, 0.29) is 17.9 Å². The molecule has 4 heteroatoms. The summed E-state index contributed by atoms with van der Waals surface area (Å²) in [5.41, 5.74) is 6.57. The van der Waals surface area contributed by atoms with Gasteiger partial charge in [0.2, 0.25) is 0 Å². The van der Waals surface area contributed by atoms with E-state index in [4.69, 9.17) is 10.5 Å². The summed E-state index contributed by atoms with van der Waals surface area (Å²) < 4.78 is 5.45. The van der Waals surface area contributed by atoms with Crippen LogP contribution >= 0.6 is 0 Å². The third-order valence-electron chi connectivity index (χ3n) is 3.78. The summed E-state index contributed by atoms with van der Waals surface area (Å²) in [6.45, 7) is 7.55. The molecule has 2 N–H and O–H groups in total. The maximum absolute atomic E-state index is 12.2. The minimum Gasteiger partial charge on any atom is -0.444 e. The van der Waals surface area contributed by atoms with Gasteiger partial charge in [0.15, 0.2) is 0 Å². The second-order valence-corrected chi connectivity index (χ2v) is 6.81. The lowest BCUT2D eigenvalue weighted by molar-refractivity contribution is 0.0286. The zero-order valence-corrected chi connectivity index (χ0v) is 13.7. The number of benzene rings is 1. The van der Waals surface area contributed by atoms with Crippen molar-refractivity contribution in [3.8, 4) is 0 Å². The van der Waals surface area contributed by atoms with E-state index in [0.29, 0.717) is 19.6 Å². The van der Waals surface area contributed by atoms with Crippen molar-refractivity contribution in [2.45, 2.75) is 26.4 Å². The van der Waals surface area contributed by atoms with Gasteiger partial charge in [-0.1, -0.05) is 42.5 Å². The summed E-state index contributed by atoms with van der Waals surface area (Å²) in [6, 6.07) is 10.2. The van der Waals surface area contributed by atoms with Crippen molar-refractivity contribution in [1.82, 2.24) is 4.90 Å². The molecule has 0 aliphatic carbocycles. The molecule has 1 aromatic carbocycles. The Morgan fingerprint density at radius 1 is 1.32 bits per heavy atom. The molecule has 4 nitrogen and oxygen atoms in total. The molecule has 1 aliphatic rings. The predicted octanol–water partition coefficient (Wildman–Crippen LogP) is 3.14. The van der Waals surface area contributed by atoms with Gasteiger partial charge in [0.05, 0.1) is 0 Å². The minimum absolute atomic E-state index is 0.249. The molecule has 0 spiro atoms. The van der Waals surface area contributed by atoms with Gasteiger partial charge < -0.3 is 15.4 Å². The van der Waals surface area contributed by atoms with Crippen LogP contribution in [0.5, 0.6) is 0 Å². The smallest absolute Gasteiger partial charge is 0.410 e. The van der Waals surface area contributed by atoms with Crippen molar-refractivity contribution in [1.29, 1.82) is 0 Å². The molecule has 120 valence electrons. The van der Waals surface area contributed by atoms with Gasteiger partial charge >= 0.3 is 6.09 Å². The van der Waals surface area contributed by atoms with E-state index in [1.54, 1.807) is 4.90 Å². The monoisotopic (exact) mass is 302 g/mol. The normalized spacial score (nSPS) is 22.3. The number of nitrogens with two attached hydrogens (primary N) is 1. The Balaban J connectivity index is 2.00. The standard InChI is InChI=1S/C18H26N2O2/c1-18(2,3)22-17(21)20-12-15(16(11-19)13-20)10-9-14-7-5-4-6-8-14/h4-10,15-16H,11-13,19H2,1-3H3/t15-,16-/m1/s1. The lowest BCUT2D eigenvalue weighted by Gasteiger charge is -2.24. The van der Waals surface area contributed by atoms with Crippen molar-refractivity contribution in [3.63, 3.8) is 0 Å². The molecule has 0 bridgehead atoms. The molecule has 0 radical (unpaired) electrons. The van der Waals surface area contributed by atoms with Gasteiger partial charge in [0.1, 0.15) is 5.60 Å². The number of ether oxygens (including phenoxy) is 1. The summed E-state index contributed by atoms with van der Waals surface area (Å²) in [4.78, 5) is 13.9. The van der Waals surface area contributed by atoms with Crippen molar-refractivity contribution < 1.29 is 9.53 Å². The topological polar surface area (TPSA) is 55.6 Å². The van der Waals surface area contributed by atoms with E-state index in [0.717, 1.165) is 5.56 Å². The Morgan fingerprint density at radius 2 is 2.00 bits per heavy atom. The number of nitrogens with zero attached hydrogens (tertiary/aromatic N) is 1. The molecule has 1 fully saturated rings. The number of carbonyl (C=O) groups excluding carboxylic acids is 1. The Bertz CT molecular complexity index is 520. The molecule has 2 rings (SSSR count). The lowest BCUT2D eigenvalue weighted by Crippen LogP contribution is -2.35. The zero-order chi connectivity index (χ0) is 16.2. The number of amides is 1. The highest BCUT2D eigenvalue weighted by Crippen LogP contribution is 2.26. The molecule has 1 aliphatic heterocycles. The summed E-state index contributed by atoms with van der Waals surface area (Å²) in [5.74, 6) is 0.560. The Labute approximate surface area is 132 Å². The van der Waals surface area contributed by atoms with Crippen LogP contribution in [0.25, 0.3) is 6.08 Å². The van der Waals surface area contributed by atoms with Crippen LogP contribution in [0.15, 0.2) is 36.4 Å². The summed E-state index contributed by atoms with van der Waals surface area (Å²) >= 11 is 0. The first-order chi connectivity index (χ1) is 10.4. The molecule has 0 unspecified atom stereocenters. The fourth-order valence-corrected chi connectivity index (χ4v) is 2.64. The highest BCUT2D eigenvalue weighted by atomic mass is 16.6. The van der Waals surface area contributed by atoms with Crippen molar-refractivity contribution in [2.24, 2.45) is 17.6 Å². The Morgan fingerprint density at radius 3 is 2.59 bits per heavy atom. The van der Waals surface area contributed by atoms with E-state index in [9.17, 15) is 4.79 Å². The minimum atomic E-state index is -0.465. The van der Waals surface area contributed by atoms with Crippen LogP contribution in [0.2, 0.25) is 0 Å². The highest BCUT2D eigenvalue weighted by Gasteiger charge is 2.34. The molecule has 1 heterocycles. The van der Waals surface area contributed by atoms with E-state index >= 15 is 0 Å². The van der Waals surface area contributed by atoms with E-state index in [1.165, 1.54) is 0 Å². The van der Waals surface area contributed by atoms with Crippen LogP contribution in [0.1, 0.15) is 26.3 Å². The van der Waals surface area contributed by atoms with E-state index < -0.39 is 5.60 Å². The van der Waals surface area contributed by atoms with E-state index in [2.05, 4.69) is 24.3 Å². The predicted molar refractivity (Wildman–Crippen MR) is 89.3 cm³/mol. The van der Waals surface area contributed by atoms with Gasteiger partial charge in [0, 0.05) is 19.0 Å². The van der Waals surface area contributed by atoms with Crippen LogP contribution in [-0.2, 0) is 4.74 Å². The van der Waals surface area contributed by atoms with Gasteiger partial charge in [-0.3, -0.25) is 0 Å². The average Bonchev–Trinajstić information content (AvgIpc) is 2.88. The molecule has 1 amide bonds. The molecular formula is C18H26N2O2. The molecule has 2 atom stereocenters. The summed E-state index contributed by atoms with van der Waals surface area (Å²) in [7, 11) is 0. The largest absolute Gasteiger partial charge is 0.444 e. The van der Waals surface area contributed by atoms with Crippen molar-refractivity contribution in [3.05, 3.63) is 42.0 Å². The number of rotatable bonds is 3. The van der Waals surface area contributed by atoms with Crippen LogP contribution in [0.4, 0.5) is 4.79 Å². The van der Waals surface area contributed by atoms with Gasteiger partial charge in [-0.05, 0) is 38.8 Å². The third kappa shape index (κ3) is 4.60. The number of hydrogen-bond donors (Lipinski definition) is 1. The fraction of sp³-hybridized carbons (Fsp3) is 0.500. The van der Waals surface area contributed by atoms with Gasteiger partial charge in [-0.2, -0.15) is 0 Å². The summed E-state index contributed by atoms with van der Waals surface area (Å²) in [6.07, 6.45) is 4.02. The van der Waals surface area contributed by atoms with Crippen molar-refractivity contribution in [2.75, 3.05) is 19.6 Å². The van der Waals surface area contributed by atoms with Gasteiger partial charge in [0.25, 0.3) is 0 Å². The molecule has 0 aromatic heterocycles. The quantitative estimate of drug-likeness (QED) is 0.933. The Kier molecular flexibility index (Phi) is 5.24. The number of likely N-dealkylation sites (tertiary alicyclic amines) is 1. The third-order valence-corrected chi connectivity index (χ3v) is 3.78. The maximum atomic E-state index is 12.2. The molecule has 1 aromatic rings. The first-order valence-electron chi connectivity index (χ1n) is 7.80. The van der Waals surface area contributed by atoms with Crippen LogP contribution < -0.4 is 5.73 Å². The van der Waals surface area contributed by atoms with Crippen LogP contribution in [-0.4, -0.2) is 36.2 Å². The molecular weight excluding hydrogens is 276 g/mol. The number of hydrogen-bond acceptors (Lipinski definition) is 3. The average molecular weight is 302 g/mol. The zero-order valence-electron chi connectivity index (χ0n) is 13.7. The van der Waals surface area contributed by atoms with Crippen LogP contribution in [0, 0.1) is 11.8 Å². The number of carbonyl (C=O) groups is 1. The fourth-order valence-electron chi connectivity index (χ4n) is 2.64. The first-order valence-corrected chi connectivity index (χ1v) is 7.80. The van der Waals surface area contributed by atoms with Crippen molar-refractivity contribution >= 4 is 12.2 Å². The SMILES string of the molecule is CC(C)(C)OC(=O)N1C[C@@H](CN)[C@H](C=Cc2ccccc2)C1. The highest BCUT2D eigenvalue weighted by molar-refractivity contribution is 5.68.